The number of nitrogen functional groups attached to an aromatic ring is 1. The van der Waals surface area contributed by atoms with E-state index in [1.54, 1.807) is 76.8 Å². The number of carbonyl (C=O) groups is 1. The summed E-state index contributed by atoms with van der Waals surface area (Å²) in [4.78, 5) is 35.4. The number of aliphatic hydroxyl groups is 1. The summed E-state index contributed by atoms with van der Waals surface area (Å²) in [6.07, 6.45) is 3.31. The van der Waals surface area contributed by atoms with Gasteiger partial charge >= 0.3 is 0 Å². The van der Waals surface area contributed by atoms with Crippen molar-refractivity contribution in [1.82, 2.24) is 40.0 Å². The van der Waals surface area contributed by atoms with E-state index in [1.807, 2.05) is 0 Å². The van der Waals surface area contributed by atoms with E-state index < -0.39 is 17.0 Å². The van der Waals surface area contributed by atoms with Crippen molar-refractivity contribution < 1.29 is 9.90 Å². The van der Waals surface area contributed by atoms with Crippen LogP contribution in [0, 0.1) is 6.92 Å². The highest BCUT2D eigenvalue weighted by atomic mass is 35.5. The van der Waals surface area contributed by atoms with E-state index in [-0.39, 0.29) is 22.5 Å². The molecule has 4 heterocycles. The Bertz CT molecular complexity index is 1470. The van der Waals surface area contributed by atoms with Gasteiger partial charge in [-0.15, -0.1) is 0 Å². The summed E-state index contributed by atoms with van der Waals surface area (Å²) < 4.78 is 1.63. The Hall–Kier alpha value is -3.96. The molecule has 0 aliphatic heterocycles. The zero-order valence-corrected chi connectivity index (χ0v) is 22.2. The Morgan fingerprint density at radius 2 is 1.81 bits per heavy atom. The second-order valence-corrected chi connectivity index (χ2v) is 10.1. The summed E-state index contributed by atoms with van der Waals surface area (Å²) in [5, 5.41) is 17.9. The van der Waals surface area contributed by atoms with Crippen molar-refractivity contribution in [1.29, 1.82) is 0 Å². The molecule has 0 aliphatic carbocycles. The molecule has 0 saturated heterocycles. The molecule has 4 rings (SSSR count). The van der Waals surface area contributed by atoms with Crippen molar-refractivity contribution in [2.24, 2.45) is 7.05 Å². The maximum Gasteiger partial charge on any atom is 0.274 e. The van der Waals surface area contributed by atoms with Crippen molar-refractivity contribution in [3.05, 3.63) is 64.7 Å². The zero-order valence-electron chi connectivity index (χ0n) is 21.4. The first-order valence-corrected chi connectivity index (χ1v) is 11.8. The SMILES string of the molecule is Cc1cc(-c2nc(C(=O)NC(C)(C)c3ccnc(C(C)(C)O)n3)c(N)nc2-c2ccn(C)n2)cc(Cl)n1. The zero-order chi connectivity index (χ0) is 27.1. The third kappa shape index (κ3) is 5.57. The Morgan fingerprint density at radius 3 is 2.43 bits per heavy atom. The van der Waals surface area contributed by atoms with Gasteiger partial charge in [-0.1, -0.05) is 11.6 Å². The first kappa shape index (κ1) is 26.1. The van der Waals surface area contributed by atoms with E-state index in [4.69, 9.17) is 17.3 Å². The van der Waals surface area contributed by atoms with Gasteiger partial charge in [0.25, 0.3) is 5.91 Å². The van der Waals surface area contributed by atoms with Crippen molar-refractivity contribution in [3.8, 4) is 22.6 Å². The molecule has 0 aliphatic rings. The Labute approximate surface area is 219 Å². The number of halogens is 1. The Balaban J connectivity index is 1.78. The van der Waals surface area contributed by atoms with E-state index >= 15 is 0 Å². The molecule has 0 unspecified atom stereocenters. The first-order chi connectivity index (χ1) is 17.2. The number of nitrogens with two attached hydrogens (primary N) is 1. The largest absolute Gasteiger partial charge is 0.382 e. The molecule has 192 valence electrons. The third-order valence-electron chi connectivity index (χ3n) is 5.56. The topological polar surface area (TPSA) is 158 Å². The molecule has 4 N–H and O–H groups in total. The van der Waals surface area contributed by atoms with Crippen LogP contribution >= 0.6 is 11.6 Å². The minimum absolute atomic E-state index is 0.0607. The van der Waals surface area contributed by atoms with Crippen LogP contribution in [0.2, 0.25) is 5.15 Å². The molecule has 0 atom stereocenters. The molecule has 11 nitrogen and oxygen atoms in total. The molecule has 0 fully saturated rings. The first-order valence-electron chi connectivity index (χ1n) is 11.5. The molecule has 0 radical (unpaired) electrons. The van der Waals surface area contributed by atoms with Gasteiger partial charge in [-0.25, -0.2) is 24.9 Å². The fourth-order valence-corrected chi connectivity index (χ4v) is 3.96. The fraction of sp³-hybridized carbons (Fsp3) is 0.320. The van der Waals surface area contributed by atoms with E-state index in [0.717, 1.165) is 0 Å². The average molecular weight is 522 g/mol. The number of aromatic nitrogens is 7. The van der Waals surface area contributed by atoms with Crippen LogP contribution in [0.25, 0.3) is 22.6 Å². The van der Waals surface area contributed by atoms with E-state index in [9.17, 15) is 9.90 Å². The molecule has 0 saturated carbocycles. The Morgan fingerprint density at radius 1 is 1.08 bits per heavy atom. The van der Waals surface area contributed by atoms with Crippen molar-refractivity contribution in [3.63, 3.8) is 0 Å². The lowest BCUT2D eigenvalue weighted by atomic mass is 9.99. The van der Waals surface area contributed by atoms with Crippen LogP contribution in [0.15, 0.2) is 36.7 Å². The molecular formula is C25H28ClN9O2. The van der Waals surface area contributed by atoms with Crippen LogP contribution in [-0.4, -0.2) is 45.7 Å². The number of nitrogens with one attached hydrogen (secondary N) is 1. The highest BCUT2D eigenvalue weighted by molar-refractivity contribution is 6.29. The number of amides is 1. The molecule has 4 aromatic rings. The molecule has 12 heteroatoms. The van der Waals surface area contributed by atoms with E-state index in [2.05, 4.69) is 35.3 Å². The van der Waals surface area contributed by atoms with Gasteiger partial charge in [-0.05, 0) is 58.9 Å². The number of anilines is 1. The van der Waals surface area contributed by atoms with Gasteiger partial charge < -0.3 is 16.2 Å². The monoisotopic (exact) mass is 521 g/mol. The summed E-state index contributed by atoms with van der Waals surface area (Å²) in [5.74, 6) is -0.378. The molecule has 1 amide bonds. The van der Waals surface area contributed by atoms with Crippen molar-refractivity contribution in [2.75, 3.05) is 5.73 Å². The summed E-state index contributed by atoms with van der Waals surface area (Å²) in [6.45, 7) is 8.54. The predicted molar refractivity (Wildman–Crippen MR) is 139 cm³/mol. The van der Waals surface area contributed by atoms with Gasteiger partial charge in [0, 0.05) is 30.7 Å². The third-order valence-corrected chi connectivity index (χ3v) is 5.75. The van der Waals surface area contributed by atoms with E-state index in [1.165, 1.54) is 6.20 Å². The van der Waals surface area contributed by atoms with Crippen LogP contribution in [0.5, 0.6) is 0 Å². The minimum Gasteiger partial charge on any atom is -0.382 e. The summed E-state index contributed by atoms with van der Waals surface area (Å²) in [6, 6.07) is 6.89. The van der Waals surface area contributed by atoms with Gasteiger partial charge in [0.1, 0.15) is 22.1 Å². The minimum atomic E-state index is -1.24. The average Bonchev–Trinajstić information content (AvgIpc) is 3.23. The lowest BCUT2D eigenvalue weighted by Crippen LogP contribution is -2.43. The van der Waals surface area contributed by atoms with Crippen LogP contribution in [0.1, 0.15) is 55.4 Å². The van der Waals surface area contributed by atoms with Crippen LogP contribution in [0.3, 0.4) is 0 Å². The van der Waals surface area contributed by atoms with Crippen LogP contribution in [0.4, 0.5) is 5.82 Å². The van der Waals surface area contributed by atoms with Gasteiger partial charge in [0.2, 0.25) is 0 Å². The summed E-state index contributed by atoms with van der Waals surface area (Å²) in [7, 11) is 1.79. The molecule has 37 heavy (non-hydrogen) atoms. The lowest BCUT2D eigenvalue weighted by molar-refractivity contribution is 0.0680. The standard InChI is InChI=1S/C25H28ClN9O2/c1-13-11-14(12-17(26)29-13)18-19(15-8-10-35(6)34-15)32-21(27)20(31-18)22(36)33-24(2,3)16-7-9-28-23(30-16)25(4,5)37/h7-12,37H,1-6H3,(H2,27,32)(H,33,36). The molecule has 0 bridgehead atoms. The van der Waals surface area contributed by atoms with Gasteiger partial charge in [-0.3, -0.25) is 9.48 Å². The highest BCUT2D eigenvalue weighted by Gasteiger charge is 2.30. The second-order valence-electron chi connectivity index (χ2n) is 9.75. The predicted octanol–water partition coefficient (Wildman–Crippen LogP) is 3.17. The van der Waals surface area contributed by atoms with Crippen LogP contribution < -0.4 is 11.1 Å². The summed E-state index contributed by atoms with van der Waals surface area (Å²) in [5.41, 5.74) is 7.10. The number of rotatable bonds is 6. The Kier molecular flexibility index (Phi) is 6.70. The number of carbonyl (C=O) groups excluding carboxylic acids is 1. The van der Waals surface area contributed by atoms with E-state index in [0.29, 0.717) is 34.0 Å². The van der Waals surface area contributed by atoms with Crippen molar-refractivity contribution in [2.45, 2.75) is 45.8 Å². The summed E-state index contributed by atoms with van der Waals surface area (Å²) >= 11 is 6.22. The molecule has 0 spiro atoms. The second kappa shape index (κ2) is 9.49. The number of hydrogen-bond acceptors (Lipinski definition) is 9. The smallest absolute Gasteiger partial charge is 0.274 e. The number of nitrogens with zero attached hydrogens (tertiary/aromatic N) is 7. The number of hydrogen-bond donors (Lipinski definition) is 3. The number of aryl methyl sites for hydroxylation is 2. The molecule has 4 aromatic heterocycles. The normalized spacial score (nSPS) is 12.0. The lowest BCUT2D eigenvalue weighted by Gasteiger charge is -2.27. The fourth-order valence-electron chi connectivity index (χ4n) is 3.71. The number of pyridine rings is 1. The van der Waals surface area contributed by atoms with Gasteiger partial charge in [-0.2, -0.15) is 5.10 Å². The molecular weight excluding hydrogens is 494 g/mol. The highest BCUT2D eigenvalue weighted by Crippen LogP contribution is 2.32. The van der Waals surface area contributed by atoms with Gasteiger partial charge in [0.15, 0.2) is 17.3 Å². The molecule has 0 aromatic carbocycles. The van der Waals surface area contributed by atoms with Gasteiger partial charge in [0.05, 0.1) is 16.9 Å². The van der Waals surface area contributed by atoms with Crippen molar-refractivity contribution >= 4 is 23.3 Å². The quantitative estimate of drug-likeness (QED) is 0.324. The maximum absolute atomic E-state index is 13.5. The maximum atomic E-state index is 13.5. The van der Waals surface area contributed by atoms with Crippen LogP contribution in [-0.2, 0) is 18.2 Å².